The molecule has 2 aliphatic rings. The summed E-state index contributed by atoms with van der Waals surface area (Å²) in [6.07, 6.45) is 2.36. The molecule has 22 heavy (non-hydrogen) atoms. The summed E-state index contributed by atoms with van der Waals surface area (Å²) >= 11 is 0. The third-order valence-corrected chi connectivity index (χ3v) is 4.35. The highest BCUT2D eigenvalue weighted by molar-refractivity contribution is 5.44. The Morgan fingerprint density at radius 3 is 2.86 bits per heavy atom. The lowest BCUT2D eigenvalue weighted by atomic mass is 10.0. The molecule has 3 heterocycles. The van der Waals surface area contributed by atoms with Crippen molar-refractivity contribution in [2.24, 2.45) is 0 Å². The maximum atomic E-state index is 5.71. The second-order valence-corrected chi connectivity index (χ2v) is 5.97. The zero-order valence-electron chi connectivity index (χ0n) is 12.7. The van der Waals surface area contributed by atoms with Crippen molar-refractivity contribution in [1.82, 2.24) is 10.1 Å². The molecule has 0 aliphatic carbocycles. The van der Waals surface area contributed by atoms with Gasteiger partial charge in [-0.3, -0.25) is 4.90 Å². The van der Waals surface area contributed by atoms with Gasteiger partial charge in [-0.2, -0.15) is 0 Å². The molecule has 1 aromatic carbocycles. The highest BCUT2D eigenvalue weighted by Gasteiger charge is 2.28. The molecule has 2 aliphatic heterocycles. The zero-order valence-corrected chi connectivity index (χ0v) is 12.7. The number of hydrogen-bond donors (Lipinski definition) is 0. The third kappa shape index (κ3) is 2.57. The van der Waals surface area contributed by atoms with Crippen molar-refractivity contribution in [3.63, 3.8) is 0 Å². The lowest BCUT2D eigenvalue weighted by molar-refractivity contribution is 0.170. The first-order chi connectivity index (χ1) is 10.8. The number of aromatic nitrogens is 1. The van der Waals surface area contributed by atoms with E-state index in [-0.39, 0.29) is 0 Å². The molecular weight excluding hydrogens is 280 g/mol. The first-order valence-electron chi connectivity index (χ1n) is 7.85. The molecule has 0 bridgehead atoms. The third-order valence-electron chi connectivity index (χ3n) is 4.35. The van der Waals surface area contributed by atoms with Crippen molar-refractivity contribution in [3.05, 3.63) is 41.3 Å². The van der Waals surface area contributed by atoms with Crippen LogP contribution in [-0.2, 0) is 6.54 Å². The molecule has 1 unspecified atom stereocenters. The van der Waals surface area contributed by atoms with E-state index in [4.69, 9.17) is 14.0 Å². The van der Waals surface area contributed by atoms with Crippen molar-refractivity contribution in [1.29, 1.82) is 0 Å². The molecule has 1 fully saturated rings. The first-order valence-corrected chi connectivity index (χ1v) is 7.85. The number of benzene rings is 1. The fourth-order valence-electron chi connectivity index (χ4n) is 3.35. The molecule has 2 aromatic rings. The number of aryl methyl sites for hydroxylation is 1. The van der Waals surface area contributed by atoms with Gasteiger partial charge in [0, 0.05) is 12.1 Å². The van der Waals surface area contributed by atoms with Crippen LogP contribution in [0, 0.1) is 6.92 Å². The van der Waals surface area contributed by atoms with Gasteiger partial charge in [0.25, 0.3) is 0 Å². The van der Waals surface area contributed by atoms with Crippen LogP contribution in [-0.4, -0.2) is 29.8 Å². The minimum atomic E-state index is 0.404. The van der Waals surface area contributed by atoms with Crippen molar-refractivity contribution < 1.29 is 14.0 Å². The van der Waals surface area contributed by atoms with Gasteiger partial charge in [-0.25, -0.2) is 0 Å². The molecular formula is C17H20N2O3. The van der Waals surface area contributed by atoms with E-state index >= 15 is 0 Å². The van der Waals surface area contributed by atoms with Gasteiger partial charge < -0.3 is 14.0 Å². The molecule has 0 N–H and O–H groups in total. The van der Waals surface area contributed by atoms with E-state index in [0.29, 0.717) is 19.3 Å². The first kappa shape index (κ1) is 13.6. The van der Waals surface area contributed by atoms with E-state index in [9.17, 15) is 0 Å². The van der Waals surface area contributed by atoms with Gasteiger partial charge in [0.15, 0.2) is 17.3 Å². The summed E-state index contributed by atoms with van der Waals surface area (Å²) in [5.74, 6) is 2.65. The van der Waals surface area contributed by atoms with Gasteiger partial charge in [0.2, 0.25) is 0 Å². The Kier molecular flexibility index (Phi) is 3.50. The van der Waals surface area contributed by atoms with Crippen LogP contribution in [0.15, 0.2) is 28.8 Å². The molecule has 0 radical (unpaired) electrons. The van der Waals surface area contributed by atoms with E-state index < -0.39 is 0 Å². The highest BCUT2D eigenvalue weighted by atomic mass is 16.6. The normalized spacial score (nSPS) is 21.2. The summed E-state index contributed by atoms with van der Waals surface area (Å²) in [6, 6.07) is 8.73. The smallest absolute Gasteiger partial charge is 0.161 e. The number of likely N-dealkylation sites (tertiary alicyclic amines) is 1. The number of ether oxygens (including phenoxy) is 2. The van der Waals surface area contributed by atoms with E-state index in [1.807, 2.05) is 19.1 Å². The van der Waals surface area contributed by atoms with Crippen LogP contribution in [0.5, 0.6) is 11.5 Å². The lowest BCUT2D eigenvalue weighted by Crippen LogP contribution is -2.23. The molecule has 0 spiro atoms. The van der Waals surface area contributed by atoms with Crippen molar-refractivity contribution in [3.8, 4) is 11.5 Å². The van der Waals surface area contributed by atoms with Crippen LogP contribution in [0.25, 0.3) is 0 Å². The van der Waals surface area contributed by atoms with Crippen molar-refractivity contribution in [2.75, 3.05) is 19.8 Å². The maximum absolute atomic E-state index is 5.71. The zero-order chi connectivity index (χ0) is 14.9. The van der Waals surface area contributed by atoms with E-state index in [1.165, 1.54) is 12.0 Å². The monoisotopic (exact) mass is 300 g/mol. The summed E-state index contributed by atoms with van der Waals surface area (Å²) in [5, 5.41) is 3.98. The van der Waals surface area contributed by atoms with Gasteiger partial charge in [-0.05, 0) is 44.0 Å². The van der Waals surface area contributed by atoms with Gasteiger partial charge in [0.1, 0.15) is 13.2 Å². The summed E-state index contributed by atoms with van der Waals surface area (Å²) in [6.45, 7) is 5.10. The van der Waals surface area contributed by atoms with Gasteiger partial charge in [-0.15, -0.1) is 0 Å². The molecule has 1 saturated heterocycles. The predicted molar refractivity (Wildman–Crippen MR) is 81.1 cm³/mol. The standard InChI is InChI=1S/C17H20N2O3/c1-12-9-14(22-18-12)11-19-6-2-3-15(19)13-4-5-16-17(10-13)21-8-7-20-16/h4-5,9-10,15H,2-3,6-8,11H2,1H3. The molecule has 0 amide bonds. The Labute approximate surface area is 129 Å². The maximum Gasteiger partial charge on any atom is 0.161 e. The minimum Gasteiger partial charge on any atom is -0.486 e. The number of hydrogen-bond acceptors (Lipinski definition) is 5. The fourth-order valence-corrected chi connectivity index (χ4v) is 3.35. The molecule has 116 valence electrons. The Bertz CT molecular complexity index is 668. The van der Waals surface area contributed by atoms with Crippen molar-refractivity contribution in [2.45, 2.75) is 32.4 Å². The summed E-state index contributed by atoms with van der Waals surface area (Å²) < 4.78 is 16.7. The van der Waals surface area contributed by atoms with Gasteiger partial charge >= 0.3 is 0 Å². The summed E-state index contributed by atoms with van der Waals surface area (Å²) in [7, 11) is 0. The quantitative estimate of drug-likeness (QED) is 0.871. The summed E-state index contributed by atoms with van der Waals surface area (Å²) in [4.78, 5) is 2.45. The van der Waals surface area contributed by atoms with Crippen LogP contribution in [0.4, 0.5) is 0 Å². The largest absolute Gasteiger partial charge is 0.486 e. The minimum absolute atomic E-state index is 0.404. The Morgan fingerprint density at radius 1 is 1.18 bits per heavy atom. The van der Waals surface area contributed by atoms with Crippen LogP contribution in [0.2, 0.25) is 0 Å². The topological polar surface area (TPSA) is 47.7 Å². The summed E-state index contributed by atoms with van der Waals surface area (Å²) in [5.41, 5.74) is 2.23. The fraction of sp³-hybridized carbons (Fsp3) is 0.471. The van der Waals surface area contributed by atoms with E-state index in [0.717, 1.165) is 42.5 Å². The van der Waals surface area contributed by atoms with Gasteiger partial charge in [0.05, 0.1) is 12.2 Å². The van der Waals surface area contributed by atoms with Gasteiger partial charge in [-0.1, -0.05) is 11.2 Å². The highest BCUT2D eigenvalue weighted by Crippen LogP contribution is 2.38. The average molecular weight is 300 g/mol. The average Bonchev–Trinajstić information content (AvgIpc) is 3.16. The molecule has 4 rings (SSSR count). The lowest BCUT2D eigenvalue weighted by Gasteiger charge is -2.25. The number of fused-ring (bicyclic) bond motifs is 1. The Morgan fingerprint density at radius 2 is 2.05 bits per heavy atom. The molecule has 5 heteroatoms. The van der Waals surface area contributed by atoms with Crippen LogP contribution >= 0.6 is 0 Å². The molecule has 5 nitrogen and oxygen atoms in total. The Hall–Kier alpha value is -2.01. The Balaban J connectivity index is 1.55. The van der Waals surface area contributed by atoms with E-state index in [2.05, 4.69) is 22.2 Å². The van der Waals surface area contributed by atoms with Crippen LogP contribution < -0.4 is 9.47 Å². The van der Waals surface area contributed by atoms with Crippen molar-refractivity contribution >= 4 is 0 Å². The van der Waals surface area contributed by atoms with Crippen LogP contribution in [0.3, 0.4) is 0 Å². The number of nitrogens with zero attached hydrogens (tertiary/aromatic N) is 2. The van der Waals surface area contributed by atoms with Crippen LogP contribution in [0.1, 0.15) is 35.9 Å². The molecule has 1 aromatic heterocycles. The molecule has 0 saturated carbocycles. The van der Waals surface area contributed by atoms with E-state index in [1.54, 1.807) is 0 Å². The SMILES string of the molecule is Cc1cc(CN2CCCC2c2ccc3c(c2)OCCO3)on1. The molecule has 1 atom stereocenters. The second-order valence-electron chi connectivity index (χ2n) is 5.97. The number of rotatable bonds is 3. The second kappa shape index (κ2) is 5.65. The predicted octanol–water partition coefficient (Wildman–Crippen LogP) is 3.09.